The number of pyridine rings is 1. The summed E-state index contributed by atoms with van der Waals surface area (Å²) in [4.78, 5) is 20.0. The van der Waals surface area contributed by atoms with Crippen LogP contribution >= 0.6 is 11.3 Å². The Hall–Kier alpha value is -3.85. The number of furan rings is 1. The van der Waals surface area contributed by atoms with Crippen molar-refractivity contribution in [3.63, 3.8) is 0 Å². The first-order chi connectivity index (χ1) is 14.5. The van der Waals surface area contributed by atoms with Gasteiger partial charge in [-0.3, -0.25) is 15.1 Å². The molecule has 0 aliphatic heterocycles. The Morgan fingerprint density at radius 3 is 2.63 bits per heavy atom. The third kappa shape index (κ3) is 4.11. The molecule has 0 saturated heterocycles. The number of nitrogens with zero attached hydrogens (tertiary/aromatic N) is 5. The first-order valence-corrected chi connectivity index (χ1v) is 9.92. The van der Waals surface area contributed by atoms with Gasteiger partial charge in [-0.1, -0.05) is 0 Å². The van der Waals surface area contributed by atoms with Gasteiger partial charge in [-0.25, -0.2) is 9.67 Å². The first-order valence-electron chi connectivity index (χ1n) is 9.04. The smallest absolute Gasteiger partial charge is 0.269 e. The van der Waals surface area contributed by atoms with Crippen LogP contribution in [0.15, 0.2) is 80.8 Å². The van der Waals surface area contributed by atoms with E-state index < -0.39 is 4.92 Å². The minimum Gasteiger partial charge on any atom is -0.460 e. The monoisotopic (exact) mass is 419 g/mol. The highest BCUT2D eigenvalue weighted by Gasteiger charge is 2.12. The van der Waals surface area contributed by atoms with Crippen molar-refractivity contribution < 1.29 is 9.34 Å². The normalized spacial score (nSPS) is 12.3. The van der Waals surface area contributed by atoms with Crippen molar-refractivity contribution in [1.29, 1.82) is 0 Å². The zero-order valence-electron chi connectivity index (χ0n) is 16.2. The van der Waals surface area contributed by atoms with Gasteiger partial charge in [0.1, 0.15) is 17.2 Å². The Labute approximate surface area is 175 Å². The number of nitro groups is 1. The molecule has 3 aromatic heterocycles. The zero-order valence-corrected chi connectivity index (χ0v) is 17.0. The van der Waals surface area contributed by atoms with E-state index in [2.05, 4.69) is 9.98 Å². The molecule has 3 heterocycles. The standard InChI is InChI=1S/C21H17N5O3S/c1-14-5-10-20(29-14)15(2)24-25-19(16-6-8-18(9-7-16)26(27)28)13-30-21(25)23-17-4-3-11-22-12-17/h3-13H,1-2H3. The Morgan fingerprint density at radius 1 is 1.20 bits per heavy atom. The molecule has 0 saturated carbocycles. The van der Waals surface area contributed by atoms with Crippen molar-refractivity contribution in [2.24, 2.45) is 10.1 Å². The Morgan fingerprint density at radius 2 is 2.00 bits per heavy atom. The maximum atomic E-state index is 11.0. The Kier molecular flexibility index (Phi) is 5.36. The molecule has 4 rings (SSSR count). The molecule has 9 heteroatoms. The van der Waals surface area contributed by atoms with Gasteiger partial charge in [0.15, 0.2) is 0 Å². The molecule has 0 atom stereocenters. The van der Waals surface area contributed by atoms with Crippen LogP contribution in [-0.2, 0) is 0 Å². The van der Waals surface area contributed by atoms with Crippen LogP contribution in [0.2, 0.25) is 0 Å². The second kappa shape index (κ2) is 8.26. The highest BCUT2D eigenvalue weighted by Crippen LogP contribution is 2.24. The maximum absolute atomic E-state index is 11.0. The van der Waals surface area contributed by atoms with Gasteiger partial charge < -0.3 is 4.42 Å². The van der Waals surface area contributed by atoms with Crippen molar-refractivity contribution in [1.82, 2.24) is 9.66 Å². The fraction of sp³-hybridized carbons (Fsp3) is 0.0952. The second-order valence-electron chi connectivity index (χ2n) is 6.44. The zero-order chi connectivity index (χ0) is 21.1. The van der Waals surface area contributed by atoms with E-state index in [0.717, 1.165) is 17.0 Å². The fourth-order valence-electron chi connectivity index (χ4n) is 2.78. The number of thiazole rings is 1. The number of rotatable bonds is 5. The topological polar surface area (TPSA) is 98.8 Å². The minimum atomic E-state index is -0.420. The lowest BCUT2D eigenvalue weighted by Gasteiger charge is -2.05. The molecule has 0 bridgehead atoms. The van der Waals surface area contributed by atoms with Gasteiger partial charge in [0.25, 0.3) is 5.69 Å². The van der Waals surface area contributed by atoms with Gasteiger partial charge in [0.2, 0.25) is 4.80 Å². The molecule has 30 heavy (non-hydrogen) atoms. The Bertz CT molecular complexity index is 1280. The quantitative estimate of drug-likeness (QED) is 0.260. The molecule has 8 nitrogen and oxygen atoms in total. The predicted molar refractivity (Wildman–Crippen MR) is 115 cm³/mol. The number of hydrogen-bond donors (Lipinski definition) is 0. The Balaban J connectivity index is 1.86. The average Bonchev–Trinajstić information content (AvgIpc) is 3.35. The third-order valence-corrected chi connectivity index (χ3v) is 5.09. The van der Waals surface area contributed by atoms with Gasteiger partial charge in [0, 0.05) is 29.3 Å². The second-order valence-corrected chi connectivity index (χ2v) is 7.27. The van der Waals surface area contributed by atoms with Crippen molar-refractivity contribution in [2.45, 2.75) is 13.8 Å². The summed E-state index contributed by atoms with van der Waals surface area (Å²) in [5, 5.41) is 17.6. The minimum absolute atomic E-state index is 0.0338. The van der Waals surface area contributed by atoms with Crippen LogP contribution in [0.4, 0.5) is 11.4 Å². The van der Waals surface area contributed by atoms with Crippen LogP contribution in [0, 0.1) is 17.0 Å². The molecule has 0 radical (unpaired) electrons. The molecular weight excluding hydrogens is 402 g/mol. The maximum Gasteiger partial charge on any atom is 0.269 e. The molecule has 1 aromatic carbocycles. The van der Waals surface area contributed by atoms with Crippen molar-refractivity contribution in [2.75, 3.05) is 0 Å². The number of aryl methyl sites for hydroxylation is 1. The lowest BCUT2D eigenvalue weighted by Crippen LogP contribution is -2.13. The van der Waals surface area contributed by atoms with Gasteiger partial charge in [-0.05, 0) is 50.2 Å². The molecule has 0 spiro atoms. The van der Waals surface area contributed by atoms with Gasteiger partial charge in [0.05, 0.1) is 22.5 Å². The molecule has 0 aliphatic rings. The van der Waals surface area contributed by atoms with Crippen molar-refractivity contribution in [3.05, 3.63) is 92.7 Å². The number of hydrogen-bond acceptors (Lipinski definition) is 7. The lowest BCUT2D eigenvalue weighted by atomic mass is 10.1. The van der Waals surface area contributed by atoms with Gasteiger partial charge in [-0.15, -0.1) is 11.3 Å². The highest BCUT2D eigenvalue weighted by atomic mass is 32.1. The van der Waals surface area contributed by atoms with E-state index in [1.165, 1.54) is 23.5 Å². The molecule has 0 aliphatic carbocycles. The number of benzene rings is 1. The summed E-state index contributed by atoms with van der Waals surface area (Å²) in [6.07, 6.45) is 3.35. The molecular formula is C21H17N5O3S. The van der Waals surface area contributed by atoms with E-state index in [-0.39, 0.29) is 5.69 Å². The highest BCUT2D eigenvalue weighted by molar-refractivity contribution is 7.07. The van der Waals surface area contributed by atoms with Crippen LogP contribution in [0.3, 0.4) is 0 Å². The summed E-state index contributed by atoms with van der Waals surface area (Å²) >= 11 is 1.42. The van der Waals surface area contributed by atoms with E-state index in [1.54, 1.807) is 29.2 Å². The lowest BCUT2D eigenvalue weighted by molar-refractivity contribution is -0.384. The summed E-state index contributed by atoms with van der Waals surface area (Å²) in [7, 11) is 0. The molecule has 0 N–H and O–H groups in total. The summed E-state index contributed by atoms with van der Waals surface area (Å²) < 4.78 is 7.40. The molecule has 0 unspecified atom stereocenters. The van der Waals surface area contributed by atoms with E-state index in [9.17, 15) is 10.1 Å². The van der Waals surface area contributed by atoms with E-state index in [0.29, 0.717) is 22.0 Å². The SMILES string of the molecule is CC(=Nn1c(-c2ccc([N+](=O)[O-])cc2)csc1=Nc1cccnc1)c1ccc(C)o1. The first kappa shape index (κ1) is 19.5. The fourth-order valence-corrected chi connectivity index (χ4v) is 3.63. The van der Waals surface area contributed by atoms with Crippen LogP contribution in [0.5, 0.6) is 0 Å². The van der Waals surface area contributed by atoms with Gasteiger partial charge in [-0.2, -0.15) is 5.10 Å². The van der Waals surface area contributed by atoms with Crippen LogP contribution < -0.4 is 4.80 Å². The van der Waals surface area contributed by atoms with Crippen LogP contribution in [0.1, 0.15) is 18.4 Å². The van der Waals surface area contributed by atoms with E-state index in [1.807, 2.05) is 43.5 Å². The van der Waals surface area contributed by atoms with Crippen molar-refractivity contribution in [3.8, 4) is 11.3 Å². The molecule has 4 aromatic rings. The largest absolute Gasteiger partial charge is 0.460 e. The number of nitro benzene ring substituents is 1. The molecule has 0 amide bonds. The predicted octanol–water partition coefficient (Wildman–Crippen LogP) is 4.93. The summed E-state index contributed by atoms with van der Waals surface area (Å²) in [5.41, 5.74) is 2.96. The third-order valence-electron chi connectivity index (χ3n) is 4.28. The molecule has 0 fully saturated rings. The summed E-state index contributed by atoms with van der Waals surface area (Å²) in [6.45, 7) is 3.73. The van der Waals surface area contributed by atoms with Gasteiger partial charge >= 0.3 is 0 Å². The summed E-state index contributed by atoms with van der Waals surface area (Å²) in [6, 6.07) is 13.8. The summed E-state index contributed by atoms with van der Waals surface area (Å²) in [5.74, 6) is 1.46. The average molecular weight is 419 g/mol. The molecule has 150 valence electrons. The van der Waals surface area contributed by atoms with E-state index in [4.69, 9.17) is 9.52 Å². The van der Waals surface area contributed by atoms with Crippen molar-refractivity contribution >= 4 is 28.4 Å². The van der Waals surface area contributed by atoms with Crippen LogP contribution in [-0.4, -0.2) is 20.3 Å². The van der Waals surface area contributed by atoms with Crippen LogP contribution in [0.25, 0.3) is 11.3 Å². The number of aromatic nitrogens is 2. The number of non-ortho nitro benzene ring substituents is 1. The van der Waals surface area contributed by atoms with E-state index >= 15 is 0 Å².